The number of fused-ring (bicyclic) bond motifs is 2. The third-order valence-electron chi connectivity index (χ3n) is 6.58. The molecular weight excluding hydrogens is 418 g/mol. The summed E-state index contributed by atoms with van der Waals surface area (Å²) in [6.45, 7) is 3.43. The normalized spacial score (nSPS) is 23.5. The molecule has 0 saturated carbocycles. The summed E-state index contributed by atoms with van der Waals surface area (Å²) in [4.78, 5) is 2.26. The maximum atomic E-state index is 10.8. The van der Waals surface area contributed by atoms with E-state index in [4.69, 9.17) is 25.8 Å². The number of β-amino-alcohol motifs (C(OH)–C–C–N with tert-alkyl or cyclic N) is 1. The van der Waals surface area contributed by atoms with Gasteiger partial charge in [-0.15, -0.1) is 0 Å². The van der Waals surface area contributed by atoms with Gasteiger partial charge in [0.15, 0.2) is 11.5 Å². The molecular formula is C24H28ClNO5. The summed E-state index contributed by atoms with van der Waals surface area (Å²) in [7, 11) is 0. The molecule has 3 aliphatic heterocycles. The van der Waals surface area contributed by atoms with Gasteiger partial charge in [0, 0.05) is 43.1 Å². The minimum Gasteiger partial charge on any atom is -0.490 e. The summed E-state index contributed by atoms with van der Waals surface area (Å²) in [5.41, 5.74) is 1.24. The summed E-state index contributed by atoms with van der Waals surface area (Å²) in [6.07, 6.45) is 1.86. The molecule has 2 aromatic carbocycles. The molecule has 3 aliphatic rings. The van der Waals surface area contributed by atoms with Crippen LogP contribution in [0.3, 0.4) is 0 Å². The molecule has 7 heteroatoms. The molecule has 2 atom stereocenters. The first-order valence-electron chi connectivity index (χ1n) is 11.0. The SMILES string of the molecule is O[C@H](CN1CCC2(CC1)C[C@@H](O)c1cc(Cl)ccc1O2)c1ccc2c(c1)OCCCO2. The van der Waals surface area contributed by atoms with Crippen molar-refractivity contribution in [3.8, 4) is 17.2 Å². The Labute approximate surface area is 187 Å². The number of nitrogens with zero attached hydrogens (tertiary/aromatic N) is 1. The first kappa shape index (κ1) is 20.9. The molecule has 0 unspecified atom stereocenters. The molecule has 5 rings (SSSR count). The van der Waals surface area contributed by atoms with Gasteiger partial charge in [0.05, 0.1) is 25.4 Å². The van der Waals surface area contributed by atoms with Gasteiger partial charge in [0.25, 0.3) is 0 Å². The van der Waals surface area contributed by atoms with Crippen molar-refractivity contribution in [2.24, 2.45) is 0 Å². The summed E-state index contributed by atoms with van der Waals surface area (Å²) in [5, 5.41) is 22.1. The van der Waals surface area contributed by atoms with Gasteiger partial charge >= 0.3 is 0 Å². The zero-order chi connectivity index (χ0) is 21.4. The minimum absolute atomic E-state index is 0.364. The number of aliphatic hydroxyl groups excluding tert-OH is 2. The molecule has 0 aliphatic carbocycles. The zero-order valence-electron chi connectivity index (χ0n) is 17.4. The van der Waals surface area contributed by atoms with E-state index in [-0.39, 0.29) is 5.60 Å². The van der Waals surface area contributed by atoms with Gasteiger partial charge in [-0.2, -0.15) is 0 Å². The van der Waals surface area contributed by atoms with E-state index < -0.39 is 12.2 Å². The number of aliphatic hydroxyl groups is 2. The lowest BCUT2D eigenvalue weighted by Crippen LogP contribution is -2.51. The number of ether oxygens (including phenoxy) is 3. The van der Waals surface area contributed by atoms with Crippen LogP contribution in [0, 0.1) is 0 Å². The summed E-state index contributed by atoms with van der Waals surface area (Å²) < 4.78 is 17.8. The van der Waals surface area contributed by atoms with Crippen LogP contribution in [0.15, 0.2) is 36.4 Å². The predicted octanol–water partition coefficient (Wildman–Crippen LogP) is 3.89. The van der Waals surface area contributed by atoms with Crippen LogP contribution in [-0.4, -0.2) is 53.6 Å². The Morgan fingerprint density at radius 1 is 1.03 bits per heavy atom. The van der Waals surface area contributed by atoms with E-state index in [1.807, 2.05) is 24.3 Å². The number of benzene rings is 2. The van der Waals surface area contributed by atoms with Crippen LogP contribution < -0.4 is 14.2 Å². The van der Waals surface area contributed by atoms with Crippen molar-refractivity contribution in [3.05, 3.63) is 52.5 Å². The van der Waals surface area contributed by atoms with Crippen LogP contribution in [0.2, 0.25) is 5.02 Å². The van der Waals surface area contributed by atoms with Gasteiger partial charge in [-0.1, -0.05) is 17.7 Å². The van der Waals surface area contributed by atoms with Gasteiger partial charge in [-0.25, -0.2) is 0 Å². The molecule has 3 heterocycles. The quantitative estimate of drug-likeness (QED) is 0.747. The topological polar surface area (TPSA) is 71.4 Å². The number of rotatable bonds is 3. The highest BCUT2D eigenvalue weighted by Crippen LogP contribution is 2.45. The Hall–Kier alpha value is -1.99. The molecule has 166 valence electrons. The predicted molar refractivity (Wildman–Crippen MR) is 117 cm³/mol. The van der Waals surface area contributed by atoms with Crippen LogP contribution in [0.4, 0.5) is 0 Å². The van der Waals surface area contributed by atoms with Gasteiger partial charge in [-0.3, -0.25) is 0 Å². The molecule has 2 aromatic rings. The third-order valence-corrected chi connectivity index (χ3v) is 6.81. The van der Waals surface area contributed by atoms with E-state index in [0.29, 0.717) is 37.0 Å². The smallest absolute Gasteiger partial charge is 0.161 e. The van der Waals surface area contributed by atoms with Crippen molar-refractivity contribution in [2.45, 2.75) is 43.5 Å². The Balaban J connectivity index is 1.21. The highest BCUT2D eigenvalue weighted by Gasteiger charge is 2.43. The molecule has 0 bridgehead atoms. The van der Waals surface area contributed by atoms with Crippen LogP contribution in [0.25, 0.3) is 0 Å². The van der Waals surface area contributed by atoms with Crippen LogP contribution in [-0.2, 0) is 0 Å². The van der Waals surface area contributed by atoms with Gasteiger partial charge in [0.1, 0.15) is 11.4 Å². The lowest BCUT2D eigenvalue weighted by Gasteiger charge is -2.46. The number of likely N-dealkylation sites (tertiary alicyclic amines) is 1. The highest BCUT2D eigenvalue weighted by atomic mass is 35.5. The third kappa shape index (κ3) is 4.35. The number of hydrogen-bond acceptors (Lipinski definition) is 6. The second-order valence-electron chi connectivity index (χ2n) is 8.76. The number of hydrogen-bond donors (Lipinski definition) is 2. The fourth-order valence-electron chi connectivity index (χ4n) is 4.80. The summed E-state index contributed by atoms with van der Waals surface area (Å²) in [5.74, 6) is 2.17. The van der Waals surface area contributed by atoms with Crippen LogP contribution >= 0.6 is 11.6 Å². The molecule has 1 saturated heterocycles. The van der Waals surface area contributed by atoms with E-state index in [1.54, 1.807) is 12.1 Å². The van der Waals surface area contributed by atoms with Crippen LogP contribution in [0.5, 0.6) is 17.2 Å². The maximum Gasteiger partial charge on any atom is 0.161 e. The highest BCUT2D eigenvalue weighted by molar-refractivity contribution is 6.30. The average Bonchev–Trinajstić information content (AvgIpc) is 3.01. The molecule has 0 amide bonds. The fraction of sp³-hybridized carbons (Fsp3) is 0.500. The van der Waals surface area contributed by atoms with E-state index in [0.717, 1.165) is 55.0 Å². The van der Waals surface area contributed by atoms with Crippen molar-refractivity contribution < 1.29 is 24.4 Å². The fourth-order valence-corrected chi connectivity index (χ4v) is 4.98. The summed E-state index contributed by atoms with van der Waals surface area (Å²) >= 11 is 6.07. The zero-order valence-corrected chi connectivity index (χ0v) is 18.2. The monoisotopic (exact) mass is 445 g/mol. The van der Waals surface area contributed by atoms with Gasteiger partial charge in [0.2, 0.25) is 0 Å². The van der Waals surface area contributed by atoms with Crippen molar-refractivity contribution in [1.82, 2.24) is 4.90 Å². The van der Waals surface area contributed by atoms with E-state index in [1.165, 1.54) is 0 Å². The van der Waals surface area contributed by atoms with E-state index in [2.05, 4.69) is 4.90 Å². The van der Waals surface area contributed by atoms with Crippen molar-refractivity contribution in [3.63, 3.8) is 0 Å². The second kappa shape index (κ2) is 8.51. The second-order valence-corrected chi connectivity index (χ2v) is 9.20. The lowest BCUT2D eigenvalue weighted by atomic mass is 9.81. The molecule has 0 aromatic heterocycles. The Bertz CT molecular complexity index is 944. The van der Waals surface area contributed by atoms with Crippen LogP contribution in [0.1, 0.15) is 49.0 Å². The minimum atomic E-state index is -0.605. The average molecular weight is 446 g/mol. The standard InChI is InChI=1S/C24H28ClNO5/c25-17-3-5-21-18(13-17)19(27)14-24(31-21)6-8-26(9-7-24)15-20(28)16-2-4-22-23(12-16)30-11-1-10-29-22/h2-5,12-13,19-20,27-28H,1,6-11,14-15H2/t19-,20-/m1/s1. The number of piperidine rings is 1. The first-order valence-corrected chi connectivity index (χ1v) is 11.4. The van der Waals surface area contributed by atoms with E-state index >= 15 is 0 Å². The molecule has 1 spiro atoms. The van der Waals surface area contributed by atoms with Crippen molar-refractivity contribution >= 4 is 11.6 Å². The van der Waals surface area contributed by atoms with Crippen molar-refractivity contribution in [2.75, 3.05) is 32.8 Å². The molecule has 31 heavy (non-hydrogen) atoms. The summed E-state index contributed by atoms with van der Waals surface area (Å²) in [6, 6.07) is 11.1. The molecule has 0 radical (unpaired) electrons. The Morgan fingerprint density at radius 3 is 2.58 bits per heavy atom. The molecule has 6 nitrogen and oxygen atoms in total. The molecule has 1 fully saturated rings. The number of halogens is 1. The largest absolute Gasteiger partial charge is 0.490 e. The van der Waals surface area contributed by atoms with Gasteiger partial charge in [-0.05, 0) is 48.7 Å². The Morgan fingerprint density at radius 2 is 1.77 bits per heavy atom. The van der Waals surface area contributed by atoms with Crippen molar-refractivity contribution in [1.29, 1.82) is 0 Å². The van der Waals surface area contributed by atoms with E-state index in [9.17, 15) is 10.2 Å². The van der Waals surface area contributed by atoms with Gasteiger partial charge < -0.3 is 29.3 Å². The molecule has 2 N–H and O–H groups in total. The lowest BCUT2D eigenvalue weighted by molar-refractivity contribution is -0.0587. The maximum absolute atomic E-state index is 10.8. The Kier molecular flexibility index (Phi) is 5.73. The first-order chi connectivity index (χ1) is 15.0.